The molecule has 0 N–H and O–H groups in total. The highest BCUT2D eigenvalue weighted by Crippen LogP contribution is 2.29. The van der Waals surface area contributed by atoms with Crippen LogP contribution in [0.3, 0.4) is 0 Å². The Morgan fingerprint density at radius 2 is 1.75 bits per heavy atom. The molecule has 0 amide bonds. The van der Waals surface area contributed by atoms with E-state index < -0.39 is 0 Å². The lowest BCUT2D eigenvalue weighted by molar-refractivity contribution is 0.254. The van der Waals surface area contributed by atoms with Gasteiger partial charge in [0.2, 0.25) is 0 Å². The molecule has 6 nitrogen and oxygen atoms in total. The molecule has 1 saturated heterocycles. The maximum atomic E-state index is 6.08. The Kier molecular flexibility index (Phi) is 8.04. The summed E-state index contributed by atoms with van der Waals surface area (Å²) in [6.07, 6.45) is 11.7. The normalized spacial score (nSPS) is 13.9. The van der Waals surface area contributed by atoms with Gasteiger partial charge in [-0.1, -0.05) is 6.07 Å². The lowest BCUT2D eigenvalue weighted by atomic mass is 10.1. The molecule has 0 atom stereocenters. The molecule has 2 aromatic heterocycles. The summed E-state index contributed by atoms with van der Waals surface area (Å²) in [5.41, 5.74) is 3.44. The smallest absolute Gasteiger partial charge is 0.161 e. The first-order chi connectivity index (χ1) is 15.8. The molecule has 6 heteroatoms. The van der Waals surface area contributed by atoms with Gasteiger partial charge in [0, 0.05) is 37.3 Å². The molecule has 3 heterocycles. The minimum Gasteiger partial charge on any atom is -0.493 e. The number of aryl methyl sites for hydroxylation is 2. The molecule has 0 aliphatic carbocycles. The molecule has 0 unspecified atom stereocenters. The number of likely N-dealkylation sites (tertiary alicyclic amines) is 1. The van der Waals surface area contributed by atoms with E-state index in [1.807, 2.05) is 42.9 Å². The molecular weight excluding hydrogens is 400 g/mol. The van der Waals surface area contributed by atoms with Crippen LogP contribution in [0.2, 0.25) is 0 Å². The summed E-state index contributed by atoms with van der Waals surface area (Å²) in [7, 11) is 1.68. The van der Waals surface area contributed by atoms with Crippen molar-refractivity contribution >= 4 is 0 Å². The van der Waals surface area contributed by atoms with E-state index in [2.05, 4.69) is 27.0 Å². The zero-order chi connectivity index (χ0) is 22.0. The maximum Gasteiger partial charge on any atom is 0.161 e. The first-order valence-corrected chi connectivity index (χ1v) is 11.5. The van der Waals surface area contributed by atoms with Gasteiger partial charge in [-0.15, -0.1) is 0 Å². The molecule has 3 aromatic rings. The fourth-order valence-corrected chi connectivity index (χ4v) is 4.09. The Balaban J connectivity index is 1.34. The molecule has 1 aliphatic heterocycles. The first kappa shape index (κ1) is 22.2. The molecule has 168 valence electrons. The number of aromatic nitrogens is 3. The third-order valence-electron chi connectivity index (χ3n) is 5.85. The summed E-state index contributed by atoms with van der Waals surface area (Å²) >= 11 is 0. The minimum absolute atomic E-state index is 0.664. The third-order valence-corrected chi connectivity index (χ3v) is 5.85. The van der Waals surface area contributed by atoms with Gasteiger partial charge in [0.1, 0.15) is 5.82 Å². The van der Waals surface area contributed by atoms with E-state index in [1.54, 1.807) is 7.11 Å². The standard InChI is InChI=1S/C26H32N4O2/c1-31-24-8-6-22(19-25(24)32-18-4-17-30-15-2-3-16-30)20-26-28-14-11-23(29-26)7-5-21-9-12-27-13-10-21/h6,8-14,19H,2-5,7,15-18,20H2,1H3. The number of ether oxygens (including phenoxy) is 2. The highest BCUT2D eigenvalue weighted by atomic mass is 16.5. The van der Waals surface area contributed by atoms with Crippen molar-refractivity contribution < 1.29 is 9.47 Å². The quantitative estimate of drug-likeness (QED) is 0.425. The van der Waals surface area contributed by atoms with Gasteiger partial charge in [-0.05, 0) is 86.7 Å². The predicted molar refractivity (Wildman–Crippen MR) is 125 cm³/mol. The van der Waals surface area contributed by atoms with Crippen molar-refractivity contribution in [1.82, 2.24) is 19.9 Å². The van der Waals surface area contributed by atoms with Crippen LogP contribution >= 0.6 is 0 Å². The molecule has 1 aromatic carbocycles. The predicted octanol–water partition coefficient (Wildman–Crippen LogP) is 4.12. The Hall–Kier alpha value is -2.99. The SMILES string of the molecule is COc1ccc(Cc2nccc(CCc3ccncc3)n2)cc1OCCCN1CCCC1. The van der Waals surface area contributed by atoms with Gasteiger partial charge in [0.25, 0.3) is 0 Å². The van der Waals surface area contributed by atoms with Crippen molar-refractivity contribution in [3.63, 3.8) is 0 Å². The monoisotopic (exact) mass is 432 g/mol. The fourth-order valence-electron chi connectivity index (χ4n) is 4.09. The molecule has 1 aliphatic rings. The summed E-state index contributed by atoms with van der Waals surface area (Å²) in [6.45, 7) is 4.24. The van der Waals surface area contributed by atoms with E-state index in [4.69, 9.17) is 14.5 Å². The minimum atomic E-state index is 0.664. The van der Waals surface area contributed by atoms with Crippen LogP contribution in [-0.4, -0.2) is 53.2 Å². The number of hydrogen-bond donors (Lipinski definition) is 0. The average molecular weight is 433 g/mol. The Morgan fingerprint density at radius 3 is 2.56 bits per heavy atom. The van der Waals surface area contributed by atoms with E-state index >= 15 is 0 Å². The molecule has 0 saturated carbocycles. The summed E-state index contributed by atoms with van der Waals surface area (Å²) < 4.78 is 11.6. The van der Waals surface area contributed by atoms with Crippen molar-refractivity contribution in [2.75, 3.05) is 33.4 Å². The zero-order valence-electron chi connectivity index (χ0n) is 18.9. The van der Waals surface area contributed by atoms with Gasteiger partial charge in [-0.3, -0.25) is 4.98 Å². The number of methoxy groups -OCH3 is 1. The number of nitrogens with zero attached hydrogens (tertiary/aromatic N) is 4. The van der Waals surface area contributed by atoms with Crippen LogP contribution in [0.25, 0.3) is 0 Å². The zero-order valence-corrected chi connectivity index (χ0v) is 18.9. The van der Waals surface area contributed by atoms with Crippen LogP contribution in [0.5, 0.6) is 11.5 Å². The summed E-state index contributed by atoms with van der Waals surface area (Å²) in [4.78, 5) is 15.8. The summed E-state index contributed by atoms with van der Waals surface area (Å²) in [6, 6.07) is 12.2. The molecule has 1 fully saturated rings. The van der Waals surface area contributed by atoms with Crippen LogP contribution in [0.1, 0.15) is 41.9 Å². The molecule has 32 heavy (non-hydrogen) atoms. The van der Waals surface area contributed by atoms with Gasteiger partial charge >= 0.3 is 0 Å². The Labute approximate surface area is 190 Å². The third kappa shape index (κ3) is 6.50. The van der Waals surface area contributed by atoms with E-state index in [-0.39, 0.29) is 0 Å². The molecule has 4 rings (SSSR count). The summed E-state index contributed by atoms with van der Waals surface area (Å²) in [5.74, 6) is 2.38. The largest absolute Gasteiger partial charge is 0.493 e. The number of rotatable bonds is 11. The van der Waals surface area contributed by atoms with Gasteiger partial charge in [0.15, 0.2) is 11.5 Å². The number of benzene rings is 1. The van der Waals surface area contributed by atoms with Crippen molar-refractivity contribution in [2.24, 2.45) is 0 Å². The van der Waals surface area contributed by atoms with Crippen LogP contribution in [-0.2, 0) is 19.3 Å². The maximum absolute atomic E-state index is 6.08. The van der Waals surface area contributed by atoms with Gasteiger partial charge in [-0.2, -0.15) is 0 Å². The van der Waals surface area contributed by atoms with Gasteiger partial charge < -0.3 is 14.4 Å². The van der Waals surface area contributed by atoms with Crippen molar-refractivity contribution in [3.05, 3.63) is 77.6 Å². The van der Waals surface area contributed by atoms with Crippen LogP contribution in [0, 0.1) is 0 Å². The molecular formula is C26H32N4O2. The Bertz CT molecular complexity index is 975. The van der Waals surface area contributed by atoms with Crippen molar-refractivity contribution in [3.8, 4) is 11.5 Å². The van der Waals surface area contributed by atoms with Crippen LogP contribution < -0.4 is 9.47 Å². The molecule has 0 bridgehead atoms. The van der Waals surface area contributed by atoms with E-state index in [9.17, 15) is 0 Å². The lowest BCUT2D eigenvalue weighted by Crippen LogP contribution is -2.21. The number of hydrogen-bond acceptors (Lipinski definition) is 6. The lowest BCUT2D eigenvalue weighted by Gasteiger charge is -2.16. The van der Waals surface area contributed by atoms with Crippen LogP contribution in [0.15, 0.2) is 55.0 Å². The first-order valence-electron chi connectivity index (χ1n) is 11.5. The van der Waals surface area contributed by atoms with Crippen LogP contribution in [0.4, 0.5) is 0 Å². The van der Waals surface area contributed by atoms with E-state index in [0.29, 0.717) is 13.0 Å². The Morgan fingerprint density at radius 1 is 0.906 bits per heavy atom. The second-order valence-corrected chi connectivity index (χ2v) is 8.23. The molecule has 0 radical (unpaired) electrons. The second-order valence-electron chi connectivity index (χ2n) is 8.23. The highest BCUT2D eigenvalue weighted by Gasteiger charge is 2.12. The van der Waals surface area contributed by atoms with Gasteiger partial charge in [0.05, 0.1) is 13.7 Å². The number of pyridine rings is 1. The van der Waals surface area contributed by atoms with E-state index in [1.165, 1.54) is 31.5 Å². The molecule has 0 spiro atoms. The van der Waals surface area contributed by atoms with Crippen molar-refractivity contribution in [2.45, 2.75) is 38.5 Å². The van der Waals surface area contributed by atoms with Crippen molar-refractivity contribution in [1.29, 1.82) is 0 Å². The van der Waals surface area contributed by atoms with E-state index in [0.717, 1.165) is 54.4 Å². The topological polar surface area (TPSA) is 60.4 Å². The highest BCUT2D eigenvalue weighted by molar-refractivity contribution is 5.43. The fraction of sp³-hybridized carbons (Fsp3) is 0.423. The van der Waals surface area contributed by atoms with Gasteiger partial charge in [-0.25, -0.2) is 9.97 Å². The average Bonchev–Trinajstić information content (AvgIpc) is 3.35. The second kappa shape index (κ2) is 11.6. The summed E-state index contributed by atoms with van der Waals surface area (Å²) in [5, 5.41) is 0.